The van der Waals surface area contributed by atoms with Crippen LogP contribution in [0.4, 0.5) is 5.82 Å². The number of carboxylic acids is 1. The standard InChI is InChI=1S/C13H19N3O2/c1-14-8-10-2-3-12(15-9-10)16-6-4-11(5-7-16)13(17)18/h2-3,9,11,14H,4-8H2,1H3,(H,17,18). The van der Waals surface area contributed by atoms with Gasteiger partial charge in [-0.25, -0.2) is 4.98 Å². The molecule has 18 heavy (non-hydrogen) atoms. The highest BCUT2D eigenvalue weighted by molar-refractivity contribution is 5.70. The number of nitrogens with one attached hydrogen (secondary N) is 1. The normalized spacial score (nSPS) is 16.8. The maximum absolute atomic E-state index is 10.9. The zero-order chi connectivity index (χ0) is 13.0. The van der Waals surface area contributed by atoms with Crippen molar-refractivity contribution in [2.45, 2.75) is 19.4 Å². The maximum atomic E-state index is 10.9. The predicted molar refractivity (Wildman–Crippen MR) is 69.6 cm³/mol. The molecule has 2 rings (SSSR count). The number of nitrogens with zero attached hydrogens (tertiary/aromatic N) is 2. The van der Waals surface area contributed by atoms with Gasteiger partial charge in [0, 0.05) is 25.8 Å². The number of anilines is 1. The fraction of sp³-hybridized carbons (Fsp3) is 0.538. The summed E-state index contributed by atoms with van der Waals surface area (Å²) in [6, 6.07) is 4.07. The third-order valence-corrected chi connectivity index (χ3v) is 3.36. The zero-order valence-electron chi connectivity index (χ0n) is 10.6. The van der Waals surface area contributed by atoms with Crippen LogP contribution in [0.15, 0.2) is 18.3 Å². The van der Waals surface area contributed by atoms with Crippen LogP contribution in [0.25, 0.3) is 0 Å². The number of carbonyl (C=O) groups is 1. The molecule has 1 aromatic heterocycles. The summed E-state index contributed by atoms with van der Waals surface area (Å²) in [7, 11) is 1.91. The molecule has 0 radical (unpaired) electrons. The lowest BCUT2D eigenvalue weighted by Gasteiger charge is -2.31. The molecule has 5 heteroatoms. The maximum Gasteiger partial charge on any atom is 0.306 e. The average Bonchev–Trinajstić information content (AvgIpc) is 2.40. The quantitative estimate of drug-likeness (QED) is 0.836. The summed E-state index contributed by atoms with van der Waals surface area (Å²) < 4.78 is 0. The van der Waals surface area contributed by atoms with Crippen LogP contribution in [0.3, 0.4) is 0 Å². The third-order valence-electron chi connectivity index (χ3n) is 3.36. The average molecular weight is 249 g/mol. The van der Waals surface area contributed by atoms with Gasteiger partial charge in [-0.3, -0.25) is 4.79 Å². The van der Waals surface area contributed by atoms with Crippen molar-refractivity contribution in [2.24, 2.45) is 5.92 Å². The lowest BCUT2D eigenvalue weighted by molar-refractivity contribution is -0.142. The van der Waals surface area contributed by atoms with Crippen molar-refractivity contribution >= 4 is 11.8 Å². The Morgan fingerprint density at radius 1 is 1.50 bits per heavy atom. The van der Waals surface area contributed by atoms with Crippen molar-refractivity contribution in [2.75, 3.05) is 25.0 Å². The second-order valence-corrected chi connectivity index (χ2v) is 4.65. The van der Waals surface area contributed by atoms with E-state index in [1.54, 1.807) is 0 Å². The summed E-state index contributed by atoms with van der Waals surface area (Å²) >= 11 is 0. The molecule has 1 saturated heterocycles. The SMILES string of the molecule is CNCc1ccc(N2CCC(C(=O)O)CC2)nc1. The van der Waals surface area contributed by atoms with E-state index in [9.17, 15) is 4.79 Å². The molecule has 0 saturated carbocycles. The predicted octanol–water partition coefficient (Wildman–Crippen LogP) is 1.10. The lowest BCUT2D eigenvalue weighted by Crippen LogP contribution is -2.36. The Morgan fingerprint density at radius 3 is 2.72 bits per heavy atom. The van der Waals surface area contributed by atoms with Crippen LogP contribution in [0.5, 0.6) is 0 Å². The number of pyridine rings is 1. The summed E-state index contributed by atoms with van der Waals surface area (Å²) in [5, 5.41) is 12.0. The highest BCUT2D eigenvalue weighted by Crippen LogP contribution is 2.21. The van der Waals surface area contributed by atoms with E-state index in [1.165, 1.54) is 0 Å². The molecule has 0 aliphatic carbocycles. The Balaban J connectivity index is 1.95. The van der Waals surface area contributed by atoms with Gasteiger partial charge in [-0.1, -0.05) is 6.07 Å². The number of piperidine rings is 1. The molecule has 98 valence electrons. The first-order valence-electron chi connectivity index (χ1n) is 6.28. The molecule has 0 aromatic carbocycles. The summed E-state index contributed by atoms with van der Waals surface area (Å²) in [6.45, 7) is 2.36. The molecule has 1 fully saturated rings. The number of hydrogen-bond acceptors (Lipinski definition) is 4. The van der Waals surface area contributed by atoms with Crippen LogP contribution < -0.4 is 10.2 Å². The Bertz CT molecular complexity index is 397. The second kappa shape index (κ2) is 5.82. The fourth-order valence-corrected chi connectivity index (χ4v) is 2.27. The van der Waals surface area contributed by atoms with Crippen LogP contribution >= 0.6 is 0 Å². The minimum atomic E-state index is -0.674. The van der Waals surface area contributed by atoms with Gasteiger partial charge < -0.3 is 15.3 Å². The van der Waals surface area contributed by atoms with Crippen molar-refractivity contribution in [1.29, 1.82) is 0 Å². The van der Waals surface area contributed by atoms with Gasteiger partial charge in [0.1, 0.15) is 5.82 Å². The van der Waals surface area contributed by atoms with E-state index >= 15 is 0 Å². The van der Waals surface area contributed by atoms with Gasteiger partial charge >= 0.3 is 5.97 Å². The molecule has 5 nitrogen and oxygen atoms in total. The fourth-order valence-electron chi connectivity index (χ4n) is 2.27. The summed E-state index contributed by atoms with van der Waals surface area (Å²) in [5.74, 6) is 0.0792. The molecule has 0 spiro atoms. The van der Waals surface area contributed by atoms with Crippen molar-refractivity contribution in [1.82, 2.24) is 10.3 Å². The molecule has 1 aromatic rings. The van der Waals surface area contributed by atoms with E-state index < -0.39 is 5.97 Å². The Morgan fingerprint density at radius 2 is 2.22 bits per heavy atom. The number of aromatic nitrogens is 1. The van der Waals surface area contributed by atoms with E-state index in [4.69, 9.17) is 5.11 Å². The molecular weight excluding hydrogens is 230 g/mol. The van der Waals surface area contributed by atoms with Crippen LogP contribution in [-0.4, -0.2) is 36.2 Å². The highest BCUT2D eigenvalue weighted by Gasteiger charge is 2.24. The first kappa shape index (κ1) is 12.8. The second-order valence-electron chi connectivity index (χ2n) is 4.65. The summed E-state index contributed by atoms with van der Waals surface area (Å²) in [4.78, 5) is 17.5. The summed E-state index contributed by atoms with van der Waals surface area (Å²) in [5.41, 5.74) is 1.15. The minimum absolute atomic E-state index is 0.190. The van der Waals surface area contributed by atoms with E-state index in [0.29, 0.717) is 12.8 Å². The van der Waals surface area contributed by atoms with Crippen LogP contribution in [0.1, 0.15) is 18.4 Å². The Kier molecular flexibility index (Phi) is 4.15. The Hall–Kier alpha value is -1.62. The van der Waals surface area contributed by atoms with Crippen molar-refractivity contribution < 1.29 is 9.90 Å². The highest BCUT2D eigenvalue weighted by atomic mass is 16.4. The third kappa shape index (κ3) is 2.98. The Labute approximate surface area is 107 Å². The molecule has 1 aliphatic rings. The first-order valence-corrected chi connectivity index (χ1v) is 6.28. The molecular formula is C13H19N3O2. The van der Waals surface area contributed by atoms with Crippen LogP contribution in [-0.2, 0) is 11.3 Å². The number of aliphatic carboxylic acids is 1. The van der Waals surface area contributed by atoms with Gasteiger partial charge in [-0.15, -0.1) is 0 Å². The van der Waals surface area contributed by atoms with E-state index in [0.717, 1.165) is 31.0 Å². The molecule has 0 bridgehead atoms. The van der Waals surface area contributed by atoms with E-state index in [2.05, 4.69) is 21.3 Å². The van der Waals surface area contributed by atoms with Gasteiger partial charge in [0.05, 0.1) is 5.92 Å². The monoisotopic (exact) mass is 249 g/mol. The molecule has 2 N–H and O–H groups in total. The van der Waals surface area contributed by atoms with Gasteiger partial charge in [0.2, 0.25) is 0 Å². The lowest BCUT2D eigenvalue weighted by atomic mass is 9.97. The van der Waals surface area contributed by atoms with Crippen LogP contribution in [0.2, 0.25) is 0 Å². The largest absolute Gasteiger partial charge is 0.481 e. The van der Waals surface area contributed by atoms with Crippen molar-refractivity contribution in [3.8, 4) is 0 Å². The van der Waals surface area contributed by atoms with Crippen LogP contribution in [0, 0.1) is 5.92 Å². The smallest absolute Gasteiger partial charge is 0.306 e. The van der Waals surface area contributed by atoms with E-state index in [-0.39, 0.29) is 5.92 Å². The van der Waals surface area contributed by atoms with Gasteiger partial charge in [0.15, 0.2) is 0 Å². The summed E-state index contributed by atoms with van der Waals surface area (Å²) in [6.07, 6.45) is 3.28. The van der Waals surface area contributed by atoms with E-state index in [1.807, 2.05) is 19.3 Å². The topological polar surface area (TPSA) is 65.5 Å². The molecule has 0 atom stereocenters. The van der Waals surface area contributed by atoms with Gasteiger partial charge in [-0.2, -0.15) is 0 Å². The minimum Gasteiger partial charge on any atom is -0.481 e. The molecule has 0 unspecified atom stereocenters. The van der Waals surface area contributed by atoms with Gasteiger partial charge in [-0.05, 0) is 31.5 Å². The zero-order valence-corrected chi connectivity index (χ0v) is 10.6. The van der Waals surface area contributed by atoms with Crippen molar-refractivity contribution in [3.63, 3.8) is 0 Å². The molecule has 1 aliphatic heterocycles. The first-order chi connectivity index (χ1) is 8.70. The molecule has 0 amide bonds. The number of rotatable bonds is 4. The number of carboxylic acid groups (broad SMARTS) is 1. The molecule has 2 heterocycles. The number of hydrogen-bond donors (Lipinski definition) is 2. The van der Waals surface area contributed by atoms with Crippen molar-refractivity contribution in [3.05, 3.63) is 23.9 Å². The van der Waals surface area contributed by atoms with Gasteiger partial charge in [0.25, 0.3) is 0 Å².